The number of ether oxygens (including phenoxy) is 2. The van der Waals surface area contributed by atoms with Crippen molar-refractivity contribution in [3.63, 3.8) is 0 Å². The van der Waals surface area contributed by atoms with Gasteiger partial charge in [-0.2, -0.15) is 0 Å². The summed E-state index contributed by atoms with van der Waals surface area (Å²) in [5.41, 5.74) is 7.18. The molecule has 0 bridgehead atoms. The minimum atomic E-state index is -0.726. The van der Waals surface area contributed by atoms with Crippen LogP contribution in [-0.4, -0.2) is 31.0 Å². The van der Waals surface area contributed by atoms with Crippen LogP contribution in [0.5, 0.6) is 5.75 Å². The van der Waals surface area contributed by atoms with E-state index < -0.39 is 24.4 Å². The minimum absolute atomic E-state index is 0.112. The first-order valence-electron chi connectivity index (χ1n) is 7.96. The topological polar surface area (TPSA) is 108 Å². The number of hydrogen-bond acceptors (Lipinski definition) is 5. The predicted octanol–water partition coefficient (Wildman–Crippen LogP) is 1.33. The molecule has 7 heteroatoms. The van der Waals surface area contributed by atoms with Crippen LogP contribution in [0, 0.1) is 6.92 Å². The Labute approximate surface area is 151 Å². The van der Waals surface area contributed by atoms with Gasteiger partial charge in [0.05, 0.1) is 0 Å². The fourth-order valence-electron chi connectivity index (χ4n) is 2.17. The number of nitrogens with one attached hydrogen (secondary N) is 1. The molecule has 2 amide bonds. The molecule has 0 heterocycles. The maximum atomic E-state index is 12.1. The smallest absolute Gasteiger partial charge is 0.342 e. The molecule has 0 unspecified atom stereocenters. The van der Waals surface area contributed by atoms with Gasteiger partial charge in [-0.3, -0.25) is 9.59 Å². The summed E-state index contributed by atoms with van der Waals surface area (Å²) in [4.78, 5) is 34.8. The summed E-state index contributed by atoms with van der Waals surface area (Å²) in [5, 5.41) is 2.69. The van der Waals surface area contributed by atoms with E-state index in [0.717, 1.165) is 11.1 Å². The lowest BCUT2D eigenvalue weighted by Gasteiger charge is -2.11. The summed E-state index contributed by atoms with van der Waals surface area (Å²) in [5.74, 6) is -1.64. The number of primary amides is 1. The Kier molecular flexibility index (Phi) is 6.73. The summed E-state index contributed by atoms with van der Waals surface area (Å²) in [7, 11) is 0. The molecule has 0 aliphatic rings. The van der Waals surface area contributed by atoms with Gasteiger partial charge in [-0.15, -0.1) is 0 Å². The van der Waals surface area contributed by atoms with Gasteiger partial charge in [0.2, 0.25) is 0 Å². The van der Waals surface area contributed by atoms with E-state index in [9.17, 15) is 14.4 Å². The summed E-state index contributed by atoms with van der Waals surface area (Å²) >= 11 is 0. The van der Waals surface area contributed by atoms with E-state index in [1.807, 2.05) is 31.2 Å². The minimum Gasteiger partial charge on any atom is -0.483 e. The molecule has 0 aliphatic heterocycles. The van der Waals surface area contributed by atoms with E-state index in [2.05, 4.69) is 5.32 Å². The van der Waals surface area contributed by atoms with Gasteiger partial charge in [0, 0.05) is 6.54 Å². The van der Waals surface area contributed by atoms with Gasteiger partial charge in [0.1, 0.15) is 11.3 Å². The number of amides is 2. The molecule has 2 aromatic carbocycles. The summed E-state index contributed by atoms with van der Waals surface area (Å²) < 4.78 is 10.2. The fraction of sp³-hybridized carbons (Fsp3) is 0.211. The standard InChI is InChI=1S/C19H20N2O5/c1-13-6-2-3-7-14(13)10-21-18(23)12-26-19(24)15-8-4-5-9-16(15)25-11-17(20)22/h2-9H,10-12H2,1H3,(H2,20,22)(H,21,23). The number of carbonyl (C=O) groups is 3. The lowest BCUT2D eigenvalue weighted by atomic mass is 10.1. The van der Waals surface area contributed by atoms with E-state index in [-0.39, 0.29) is 17.9 Å². The van der Waals surface area contributed by atoms with Gasteiger partial charge in [-0.05, 0) is 30.2 Å². The Morgan fingerprint density at radius 3 is 2.42 bits per heavy atom. The molecule has 2 aromatic rings. The lowest BCUT2D eigenvalue weighted by molar-refractivity contribution is -0.124. The molecule has 0 radical (unpaired) electrons. The van der Waals surface area contributed by atoms with Crippen molar-refractivity contribution < 1.29 is 23.9 Å². The van der Waals surface area contributed by atoms with Crippen LogP contribution in [0.3, 0.4) is 0 Å². The van der Waals surface area contributed by atoms with Crippen LogP contribution < -0.4 is 15.8 Å². The van der Waals surface area contributed by atoms with Crippen molar-refractivity contribution in [2.24, 2.45) is 5.73 Å². The molecule has 0 saturated carbocycles. The highest BCUT2D eigenvalue weighted by atomic mass is 16.5. The van der Waals surface area contributed by atoms with E-state index in [4.69, 9.17) is 15.2 Å². The van der Waals surface area contributed by atoms with Gasteiger partial charge in [-0.1, -0.05) is 36.4 Å². The fourth-order valence-corrected chi connectivity index (χ4v) is 2.17. The molecule has 0 spiro atoms. The van der Waals surface area contributed by atoms with Crippen LogP contribution in [0.25, 0.3) is 0 Å². The molecule has 0 saturated heterocycles. The van der Waals surface area contributed by atoms with Crippen molar-refractivity contribution in [1.29, 1.82) is 0 Å². The number of rotatable bonds is 8. The zero-order valence-electron chi connectivity index (χ0n) is 14.4. The third-order valence-electron chi connectivity index (χ3n) is 3.55. The Morgan fingerprint density at radius 2 is 1.69 bits per heavy atom. The second-order valence-electron chi connectivity index (χ2n) is 5.53. The molecule has 136 valence electrons. The normalized spacial score (nSPS) is 10.0. The molecule has 0 atom stereocenters. The first-order chi connectivity index (χ1) is 12.5. The van der Waals surface area contributed by atoms with Crippen molar-refractivity contribution in [3.05, 3.63) is 65.2 Å². The van der Waals surface area contributed by atoms with Gasteiger partial charge in [0.15, 0.2) is 13.2 Å². The second kappa shape index (κ2) is 9.22. The molecule has 26 heavy (non-hydrogen) atoms. The van der Waals surface area contributed by atoms with Gasteiger partial charge < -0.3 is 20.5 Å². The number of aryl methyl sites for hydroxylation is 1. The van der Waals surface area contributed by atoms with Crippen molar-refractivity contribution >= 4 is 17.8 Å². The Hall–Kier alpha value is -3.35. The van der Waals surface area contributed by atoms with Crippen molar-refractivity contribution in [3.8, 4) is 5.75 Å². The summed E-state index contributed by atoms with van der Waals surface area (Å²) in [6.07, 6.45) is 0. The van der Waals surface area contributed by atoms with E-state index in [0.29, 0.717) is 6.54 Å². The SMILES string of the molecule is Cc1ccccc1CNC(=O)COC(=O)c1ccccc1OCC(N)=O. The molecule has 3 N–H and O–H groups in total. The Bertz CT molecular complexity index is 804. The van der Waals surface area contributed by atoms with E-state index in [1.54, 1.807) is 12.1 Å². The molecule has 0 fully saturated rings. The maximum absolute atomic E-state index is 12.1. The predicted molar refractivity (Wildman–Crippen MR) is 94.4 cm³/mol. The van der Waals surface area contributed by atoms with Crippen LogP contribution in [0.15, 0.2) is 48.5 Å². The largest absolute Gasteiger partial charge is 0.483 e. The summed E-state index contributed by atoms with van der Waals surface area (Å²) in [6.45, 7) is 1.52. The third kappa shape index (κ3) is 5.62. The van der Waals surface area contributed by atoms with Crippen LogP contribution in [0.2, 0.25) is 0 Å². The van der Waals surface area contributed by atoms with Crippen LogP contribution in [0.4, 0.5) is 0 Å². The van der Waals surface area contributed by atoms with Gasteiger partial charge >= 0.3 is 5.97 Å². The zero-order valence-corrected chi connectivity index (χ0v) is 14.4. The van der Waals surface area contributed by atoms with Gasteiger partial charge in [-0.25, -0.2) is 4.79 Å². The molecule has 7 nitrogen and oxygen atoms in total. The van der Waals surface area contributed by atoms with E-state index in [1.165, 1.54) is 12.1 Å². The number of hydrogen-bond donors (Lipinski definition) is 2. The number of nitrogens with two attached hydrogens (primary N) is 1. The quantitative estimate of drug-likeness (QED) is 0.694. The number of esters is 1. The second-order valence-corrected chi connectivity index (χ2v) is 5.53. The highest BCUT2D eigenvalue weighted by Gasteiger charge is 2.15. The lowest BCUT2D eigenvalue weighted by Crippen LogP contribution is -2.28. The number of para-hydroxylation sites is 1. The monoisotopic (exact) mass is 356 g/mol. The highest BCUT2D eigenvalue weighted by Crippen LogP contribution is 2.18. The van der Waals surface area contributed by atoms with Crippen LogP contribution >= 0.6 is 0 Å². The van der Waals surface area contributed by atoms with Crippen LogP contribution in [0.1, 0.15) is 21.5 Å². The Balaban J connectivity index is 1.87. The maximum Gasteiger partial charge on any atom is 0.342 e. The molecular weight excluding hydrogens is 336 g/mol. The number of benzene rings is 2. The van der Waals surface area contributed by atoms with Crippen molar-refractivity contribution in [1.82, 2.24) is 5.32 Å². The van der Waals surface area contributed by atoms with Crippen molar-refractivity contribution in [2.75, 3.05) is 13.2 Å². The highest BCUT2D eigenvalue weighted by molar-refractivity contribution is 5.94. The average molecular weight is 356 g/mol. The first-order valence-corrected chi connectivity index (χ1v) is 7.96. The number of carbonyl (C=O) groups excluding carboxylic acids is 3. The van der Waals surface area contributed by atoms with Gasteiger partial charge in [0.25, 0.3) is 11.8 Å². The first kappa shape index (κ1) is 19.0. The zero-order chi connectivity index (χ0) is 18.9. The van der Waals surface area contributed by atoms with Crippen LogP contribution in [-0.2, 0) is 20.9 Å². The molecule has 2 rings (SSSR count). The van der Waals surface area contributed by atoms with Crippen molar-refractivity contribution in [2.45, 2.75) is 13.5 Å². The molecular formula is C19H20N2O5. The molecule has 0 aliphatic carbocycles. The average Bonchev–Trinajstić information content (AvgIpc) is 2.64. The molecule has 0 aromatic heterocycles. The third-order valence-corrected chi connectivity index (χ3v) is 3.55. The van der Waals surface area contributed by atoms with E-state index >= 15 is 0 Å². The summed E-state index contributed by atoms with van der Waals surface area (Å²) in [6, 6.07) is 13.9. The Morgan fingerprint density at radius 1 is 1.00 bits per heavy atom.